The van der Waals surface area contributed by atoms with Gasteiger partial charge in [-0.15, -0.1) is 0 Å². The van der Waals surface area contributed by atoms with Gasteiger partial charge >= 0.3 is 5.97 Å². The summed E-state index contributed by atoms with van der Waals surface area (Å²) in [5.41, 5.74) is 1.00. The first kappa shape index (κ1) is 13.5. The van der Waals surface area contributed by atoms with Crippen LogP contribution >= 0.6 is 0 Å². The third-order valence-electron chi connectivity index (χ3n) is 3.59. The zero-order valence-electron chi connectivity index (χ0n) is 10.9. The van der Waals surface area contributed by atoms with Gasteiger partial charge in [-0.2, -0.15) is 0 Å². The molecule has 0 saturated heterocycles. The minimum absolute atomic E-state index is 0.231. The lowest BCUT2D eigenvalue weighted by Gasteiger charge is -2.27. The van der Waals surface area contributed by atoms with E-state index in [1.165, 1.54) is 0 Å². The van der Waals surface area contributed by atoms with Crippen molar-refractivity contribution in [2.45, 2.75) is 32.6 Å². The predicted molar refractivity (Wildman–Crippen MR) is 70.7 cm³/mol. The van der Waals surface area contributed by atoms with Crippen molar-refractivity contribution >= 4 is 17.7 Å². The molecule has 1 aromatic rings. The minimum atomic E-state index is -0.878. The Balaban J connectivity index is 2.07. The fourth-order valence-corrected chi connectivity index (χ4v) is 2.56. The quantitative estimate of drug-likeness (QED) is 0.875. The lowest BCUT2D eigenvalue weighted by Crippen LogP contribution is -2.36. The van der Waals surface area contributed by atoms with Gasteiger partial charge < -0.3 is 10.4 Å². The van der Waals surface area contributed by atoms with Crippen LogP contribution in [0.5, 0.6) is 0 Å². The molecule has 19 heavy (non-hydrogen) atoms. The molecule has 1 saturated carbocycles. The average Bonchev–Trinajstić information content (AvgIpc) is 2.38. The number of carboxylic acid groups (broad SMARTS) is 1. The first-order valence-electron chi connectivity index (χ1n) is 6.54. The van der Waals surface area contributed by atoms with Crippen molar-refractivity contribution in [1.82, 2.24) is 4.98 Å². The fraction of sp³-hybridized carbons (Fsp3) is 0.500. The second-order valence-corrected chi connectivity index (χ2v) is 5.04. The maximum atomic E-state index is 12.2. The van der Waals surface area contributed by atoms with E-state index < -0.39 is 17.8 Å². The van der Waals surface area contributed by atoms with E-state index in [0.717, 1.165) is 18.4 Å². The summed E-state index contributed by atoms with van der Waals surface area (Å²) in [5, 5.41) is 11.9. The Morgan fingerprint density at radius 1 is 1.32 bits per heavy atom. The van der Waals surface area contributed by atoms with Crippen LogP contribution in [-0.4, -0.2) is 22.0 Å². The summed E-state index contributed by atoms with van der Waals surface area (Å²) >= 11 is 0. The number of aromatic nitrogens is 1. The van der Waals surface area contributed by atoms with E-state index in [1.807, 2.05) is 13.0 Å². The molecule has 1 aliphatic rings. The summed E-state index contributed by atoms with van der Waals surface area (Å²) in [7, 11) is 0. The number of amides is 1. The Morgan fingerprint density at radius 3 is 2.63 bits per heavy atom. The molecule has 2 N–H and O–H groups in total. The van der Waals surface area contributed by atoms with Gasteiger partial charge in [0, 0.05) is 6.20 Å². The monoisotopic (exact) mass is 262 g/mol. The Morgan fingerprint density at radius 2 is 2.00 bits per heavy atom. The van der Waals surface area contributed by atoms with E-state index in [0.29, 0.717) is 18.7 Å². The molecule has 0 radical (unpaired) electrons. The van der Waals surface area contributed by atoms with Gasteiger partial charge in [0.1, 0.15) is 5.82 Å². The van der Waals surface area contributed by atoms with E-state index in [4.69, 9.17) is 0 Å². The maximum absolute atomic E-state index is 12.2. The first-order chi connectivity index (χ1) is 9.08. The smallest absolute Gasteiger partial charge is 0.307 e. The summed E-state index contributed by atoms with van der Waals surface area (Å²) in [6.07, 6.45) is 4.62. The molecule has 0 aliphatic heterocycles. The van der Waals surface area contributed by atoms with Crippen LogP contribution < -0.4 is 5.32 Å². The third-order valence-corrected chi connectivity index (χ3v) is 3.59. The van der Waals surface area contributed by atoms with Gasteiger partial charge in [0.05, 0.1) is 11.8 Å². The number of hydrogen-bond acceptors (Lipinski definition) is 3. The molecule has 1 amide bonds. The number of carboxylic acids is 1. The molecule has 1 aliphatic carbocycles. The third kappa shape index (κ3) is 3.30. The van der Waals surface area contributed by atoms with E-state index >= 15 is 0 Å². The van der Waals surface area contributed by atoms with E-state index in [-0.39, 0.29) is 5.91 Å². The molecule has 5 heteroatoms. The van der Waals surface area contributed by atoms with Crippen molar-refractivity contribution in [3.63, 3.8) is 0 Å². The highest BCUT2D eigenvalue weighted by Gasteiger charge is 2.35. The highest BCUT2D eigenvalue weighted by Crippen LogP contribution is 2.31. The van der Waals surface area contributed by atoms with Crippen molar-refractivity contribution < 1.29 is 14.7 Å². The first-order valence-corrected chi connectivity index (χ1v) is 6.54. The standard InChI is InChI=1S/C14H18N2O3/c1-9-6-7-15-12(8-9)16-13(17)10-4-2-3-5-11(10)14(18)19/h6-8,10-11H,2-5H2,1H3,(H,18,19)(H,15,16,17)/t10-,11+/m0/s1. The largest absolute Gasteiger partial charge is 0.481 e. The fourth-order valence-electron chi connectivity index (χ4n) is 2.56. The van der Waals surface area contributed by atoms with Crippen LogP contribution in [-0.2, 0) is 9.59 Å². The van der Waals surface area contributed by atoms with Crippen LogP contribution in [0.2, 0.25) is 0 Å². The van der Waals surface area contributed by atoms with Crippen LogP contribution in [0.3, 0.4) is 0 Å². The van der Waals surface area contributed by atoms with Crippen LogP contribution in [0.15, 0.2) is 18.3 Å². The van der Waals surface area contributed by atoms with Crippen molar-refractivity contribution in [3.8, 4) is 0 Å². The molecular formula is C14H18N2O3. The molecule has 0 bridgehead atoms. The highest BCUT2D eigenvalue weighted by atomic mass is 16.4. The maximum Gasteiger partial charge on any atom is 0.307 e. The van der Waals surface area contributed by atoms with E-state index in [2.05, 4.69) is 10.3 Å². The summed E-state index contributed by atoms with van der Waals surface area (Å²) in [4.78, 5) is 27.4. The minimum Gasteiger partial charge on any atom is -0.481 e. The number of carbonyl (C=O) groups is 2. The molecule has 2 atom stereocenters. The Kier molecular flexibility index (Phi) is 4.14. The van der Waals surface area contributed by atoms with Crippen molar-refractivity contribution in [1.29, 1.82) is 0 Å². The Labute approximate surface area is 112 Å². The van der Waals surface area contributed by atoms with Gasteiger partial charge in [-0.05, 0) is 37.5 Å². The van der Waals surface area contributed by atoms with Gasteiger partial charge in [0.15, 0.2) is 0 Å². The number of pyridine rings is 1. The van der Waals surface area contributed by atoms with Crippen LogP contribution in [0.1, 0.15) is 31.2 Å². The van der Waals surface area contributed by atoms with Gasteiger partial charge in [-0.25, -0.2) is 4.98 Å². The molecule has 1 fully saturated rings. The normalized spacial score (nSPS) is 22.8. The van der Waals surface area contributed by atoms with Crippen molar-refractivity contribution in [2.75, 3.05) is 5.32 Å². The van der Waals surface area contributed by atoms with Gasteiger partial charge in [0.2, 0.25) is 5.91 Å². The summed E-state index contributed by atoms with van der Waals surface area (Å²) < 4.78 is 0. The van der Waals surface area contributed by atoms with Gasteiger partial charge in [-0.1, -0.05) is 12.8 Å². The lowest BCUT2D eigenvalue weighted by molar-refractivity contribution is -0.147. The highest BCUT2D eigenvalue weighted by molar-refractivity contribution is 5.94. The number of aliphatic carboxylic acids is 1. The van der Waals surface area contributed by atoms with Crippen molar-refractivity contribution in [2.24, 2.45) is 11.8 Å². The van der Waals surface area contributed by atoms with Crippen LogP contribution in [0.25, 0.3) is 0 Å². The number of aryl methyl sites for hydroxylation is 1. The SMILES string of the molecule is Cc1ccnc(NC(=O)[C@H]2CCCC[C@H]2C(=O)O)c1. The zero-order valence-corrected chi connectivity index (χ0v) is 10.9. The predicted octanol–water partition coefficient (Wildman–Crippen LogP) is 2.22. The second kappa shape index (κ2) is 5.82. The Hall–Kier alpha value is -1.91. The summed E-state index contributed by atoms with van der Waals surface area (Å²) in [5.74, 6) is -1.64. The summed E-state index contributed by atoms with van der Waals surface area (Å²) in [6.45, 7) is 1.91. The molecular weight excluding hydrogens is 244 g/mol. The number of hydrogen-bond donors (Lipinski definition) is 2. The van der Waals surface area contributed by atoms with Gasteiger partial charge in [0.25, 0.3) is 0 Å². The van der Waals surface area contributed by atoms with E-state index in [1.54, 1.807) is 12.3 Å². The molecule has 1 aromatic heterocycles. The van der Waals surface area contributed by atoms with Crippen LogP contribution in [0.4, 0.5) is 5.82 Å². The number of nitrogens with zero attached hydrogens (tertiary/aromatic N) is 1. The molecule has 0 aromatic carbocycles. The topological polar surface area (TPSA) is 79.3 Å². The molecule has 5 nitrogen and oxygen atoms in total. The molecule has 0 spiro atoms. The molecule has 1 heterocycles. The van der Waals surface area contributed by atoms with Gasteiger partial charge in [-0.3, -0.25) is 9.59 Å². The number of nitrogens with one attached hydrogen (secondary N) is 1. The Bertz CT molecular complexity index is 487. The summed E-state index contributed by atoms with van der Waals surface area (Å²) in [6, 6.07) is 3.62. The molecule has 2 rings (SSSR count). The van der Waals surface area contributed by atoms with Crippen LogP contribution in [0, 0.1) is 18.8 Å². The van der Waals surface area contributed by atoms with E-state index in [9.17, 15) is 14.7 Å². The number of carbonyl (C=O) groups excluding carboxylic acids is 1. The number of rotatable bonds is 3. The molecule has 102 valence electrons. The zero-order chi connectivity index (χ0) is 13.8. The average molecular weight is 262 g/mol. The second-order valence-electron chi connectivity index (χ2n) is 5.04. The number of anilines is 1. The lowest BCUT2D eigenvalue weighted by atomic mass is 9.79. The van der Waals surface area contributed by atoms with Crippen molar-refractivity contribution in [3.05, 3.63) is 23.9 Å². The molecule has 0 unspecified atom stereocenters.